The minimum Gasteiger partial charge on any atom is -0.496 e. The van der Waals surface area contributed by atoms with E-state index in [9.17, 15) is 10.1 Å². The van der Waals surface area contributed by atoms with Crippen molar-refractivity contribution in [1.29, 1.82) is 0 Å². The highest BCUT2D eigenvalue weighted by atomic mass is 16.6. The normalized spacial score (nSPS) is 10.4. The Labute approximate surface area is 122 Å². The van der Waals surface area contributed by atoms with E-state index >= 15 is 0 Å². The highest BCUT2D eigenvalue weighted by Gasteiger charge is 2.15. The van der Waals surface area contributed by atoms with Gasteiger partial charge < -0.3 is 10.1 Å². The van der Waals surface area contributed by atoms with Crippen molar-refractivity contribution in [2.45, 2.75) is 26.4 Å². The van der Waals surface area contributed by atoms with E-state index in [1.807, 2.05) is 10.7 Å². The van der Waals surface area contributed by atoms with Crippen LogP contribution >= 0.6 is 0 Å². The zero-order valence-corrected chi connectivity index (χ0v) is 12.1. The molecule has 0 radical (unpaired) electrons. The Morgan fingerprint density at radius 2 is 2.24 bits per heavy atom. The zero-order valence-electron chi connectivity index (χ0n) is 12.1. The number of hydrogen-bond donors (Lipinski definition) is 1. The molecule has 1 aromatic heterocycles. The number of nitro benzene ring substituents is 1. The van der Waals surface area contributed by atoms with Crippen molar-refractivity contribution in [1.82, 2.24) is 9.78 Å². The first-order valence-electron chi connectivity index (χ1n) is 6.72. The molecule has 0 bridgehead atoms. The molecule has 7 heteroatoms. The Morgan fingerprint density at radius 3 is 2.90 bits per heavy atom. The van der Waals surface area contributed by atoms with E-state index in [0.29, 0.717) is 18.0 Å². The minimum absolute atomic E-state index is 0.00379. The number of ether oxygens (including phenoxy) is 1. The molecule has 0 aliphatic rings. The predicted molar refractivity (Wildman–Crippen MR) is 79.5 cm³/mol. The van der Waals surface area contributed by atoms with E-state index in [1.54, 1.807) is 18.3 Å². The van der Waals surface area contributed by atoms with Crippen LogP contribution in [0.1, 0.15) is 19.0 Å². The van der Waals surface area contributed by atoms with E-state index in [0.717, 1.165) is 18.7 Å². The second-order valence-electron chi connectivity index (χ2n) is 4.54. The Hall–Kier alpha value is -2.57. The first-order valence-corrected chi connectivity index (χ1v) is 6.72. The number of nitro groups is 1. The fraction of sp³-hybridized carbons (Fsp3) is 0.357. The molecule has 0 amide bonds. The number of nitrogens with one attached hydrogen (secondary N) is 1. The van der Waals surface area contributed by atoms with Gasteiger partial charge in [-0.1, -0.05) is 6.92 Å². The quantitative estimate of drug-likeness (QED) is 0.626. The molecule has 0 aliphatic heterocycles. The molecule has 0 saturated carbocycles. The lowest BCUT2D eigenvalue weighted by atomic mass is 10.2. The summed E-state index contributed by atoms with van der Waals surface area (Å²) in [6, 6.07) is 6.65. The first kappa shape index (κ1) is 14.8. The van der Waals surface area contributed by atoms with Gasteiger partial charge in [0.2, 0.25) is 0 Å². The highest BCUT2D eigenvalue weighted by molar-refractivity contribution is 5.63. The van der Waals surface area contributed by atoms with E-state index in [1.165, 1.54) is 13.2 Å². The number of hydrogen-bond acceptors (Lipinski definition) is 5. The second kappa shape index (κ2) is 6.74. The standard InChI is InChI=1S/C14H18N4O3/c1-3-8-17-11(6-7-16-17)10-15-13-5-4-12(21-2)9-14(13)18(19)20/h4-7,9,15H,3,8,10H2,1-2H3. The van der Waals surface area contributed by atoms with Crippen LogP contribution in [0.15, 0.2) is 30.5 Å². The van der Waals surface area contributed by atoms with Crippen molar-refractivity contribution in [3.63, 3.8) is 0 Å². The number of methoxy groups -OCH3 is 1. The molecule has 0 spiro atoms. The lowest BCUT2D eigenvalue weighted by Gasteiger charge is -2.10. The lowest BCUT2D eigenvalue weighted by molar-refractivity contribution is -0.384. The summed E-state index contributed by atoms with van der Waals surface area (Å²) in [5.41, 5.74) is 1.45. The molecule has 2 aromatic rings. The molecule has 0 fully saturated rings. The molecule has 112 valence electrons. The van der Waals surface area contributed by atoms with Crippen LogP contribution in [-0.2, 0) is 13.1 Å². The fourth-order valence-corrected chi connectivity index (χ4v) is 2.05. The molecule has 0 saturated heterocycles. The number of nitrogens with zero attached hydrogens (tertiary/aromatic N) is 3. The van der Waals surface area contributed by atoms with Crippen LogP contribution in [0.25, 0.3) is 0 Å². The Bertz CT molecular complexity index is 624. The third-order valence-corrected chi connectivity index (χ3v) is 3.10. The van der Waals surface area contributed by atoms with Gasteiger partial charge >= 0.3 is 0 Å². The number of rotatable bonds is 7. The molecule has 21 heavy (non-hydrogen) atoms. The SMILES string of the molecule is CCCn1nccc1CNc1ccc(OC)cc1[N+](=O)[O-]. The Morgan fingerprint density at radius 1 is 1.43 bits per heavy atom. The topological polar surface area (TPSA) is 82.2 Å². The van der Waals surface area contributed by atoms with Gasteiger partial charge in [-0.2, -0.15) is 5.10 Å². The summed E-state index contributed by atoms with van der Waals surface area (Å²) in [6.45, 7) is 3.38. The number of aromatic nitrogens is 2. The van der Waals surface area contributed by atoms with Crippen LogP contribution in [0.3, 0.4) is 0 Å². The smallest absolute Gasteiger partial charge is 0.296 e. The molecule has 7 nitrogen and oxygen atoms in total. The van der Waals surface area contributed by atoms with Gasteiger partial charge in [-0.05, 0) is 24.6 Å². The average molecular weight is 290 g/mol. The van der Waals surface area contributed by atoms with E-state index < -0.39 is 4.92 Å². The Kier molecular flexibility index (Phi) is 4.76. The van der Waals surface area contributed by atoms with Crippen molar-refractivity contribution in [2.24, 2.45) is 0 Å². The van der Waals surface area contributed by atoms with Crippen molar-refractivity contribution >= 4 is 11.4 Å². The van der Waals surface area contributed by atoms with Crippen LogP contribution in [0.2, 0.25) is 0 Å². The number of benzene rings is 1. The van der Waals surface area contributed by atoms with Gasteiger partial charge in [0, 0.05) is 12.7 Å². The van der Waals surface area contributed by atoms with Crippen LogP contribution in [0.5, 0.6) is 5.75 Å². The van der Waals surface area contributed by atoms with E-state index in [2.05, 4.69) is 17.3 Å². The third-order valence-electron chi connectivity index (χ3n) is 3.10. The second-order valence-corrected chi connectivity index (χ2v) is 4.54. The van der Waals surface area contributed by atoms with Crippen LogP contribution in [-0.4, -0.2) is 21.8 Å². The molecule has 0 unspecified atom stereocenters. The summed E-state index contributed by atoms with van der Waals surface area (Å²) < 4.78 is 6.91. The lowest BCUT2D eigenvalue weighted by Crippen LogP contribution is -2.09. The van der Waals surface area contributed by atoms with Gasteiger partial charge in [0.25, 0.3) is 5.69 Å². The maximum Gasteiger partial charge on any atom is 0.296 e. The van der Waals surface area contributed by atoms with Gasteiger partial charge in [0.1, 0.15) is 11.4 Å². The largest absolute Gasteiger partial charge is 0.496 e. The summed E-state index contributed by atoms with van der Waals surface area (Å²) >= 11 is 0. The fourth-order valence-electron chi connectivity index (χ4n) is 2.05. The van der Waals surface area contributed by atoms with Gasteiger partial charge in [0.15, 0.2) is 0 Å². The van der Waals surface area contributed by atoms with Gasteiger partial charge in [0.05, 0.1) is 30.3 Å². The maximum absolute atomic E-state index is 11.1. The monoisotopic (exact) mass is 290 g/mol. The average Bonchev–Trinajstić information content (AvgIpc) is 2.92. The van der Waals surface area contributed by atoms with Gasteiger partial charge in [-0.3, -0.25) is 14.8 Å². The molecule has 1 heterocycles. The summed E-state index contributed by atoms with van der Waals surface area (Å²) in [5.74, 6) is 0.461. The van der Waals surface area contributed by atoms with E-state index in [-0.39, 0.29) is 5.69 Å². The van der Waals surface area contributed by atoms with Crippen LogP contribution in [0, 0.1) is 10.1 Å². The van der Waals surface area contributed by atoms with Crippen molar-refractivity contribution < 1.29 is 9.66 Å². The van der Waals surface area contributed by atoms with Crippen LogP contribution < -0.4 is 10.1 Å². The molecule has 0 aliphatic carbocycles. The molecule has 0 atom stereocenters. The molecular weight excluding hydrogens is 272 g/mol. The summed E-state index contributed by atoms with van der Waals surface area (Å²) in [7, 11) is 1.48. The van der Waals surface area contributed by atoms with E-state index in [4.69, 9.17) is 4.74 Å². The Balaban J connectivity index is 2.15. The number of anilines is 1. The highest BCUT2D eigenvalue weighted by Crippen LogP contribution is 2.29. The van der Waals surface area contributed by atoms with Crippen molar-refractivity contribution in [3.05, 3.63) is 46.3 Å². The van der Waals surface area contributed by atoms with Crippen molar-refractivity contribution in [2.75, 3.05) is 12.4 Å². The molecule has 1 N–H and O–H groups in total. The third kappa shape index (κ3) is 3.50. The summed E-state index contributed by atoms with van der Waals surface area (Å²) in [5, 5.41) is 18.4. The maximum atomic E-state index is 11.1. The molecule has 1 aromatic carbocycles. The summed E-state index contributed by atoms with van der Waals surface area (Å²) in [4.78, 5) is 10.7. The predicted octanol–water partition coefficient (Wildman–Crippen LogP) is 2.82. The minimum atomic E-state index is -0.422. The first-order chi connectivity index (χ1) is 10.2. The zero-order chi connectivity index (χ0) is 15.2. The van der Waals surface area contributed by atoms with Crippen molar-refractivity contribution in [3.8, 4) is 5.75 Å². The molecular formula is C14H18N4O3. The van der Waals surface area contributed by atoms with Gasteiger partial charge in [-0.15, -0.1) is 0 Å². The molecule has 2 rings (SSSR count). The summed E-state index contributed by atoms with van der Waals surface area (Å²) in [6.07, 6.45) is 2.71. The number of aryl methyl sites for hydroxylation is 1. The van der Waals surface area contributed by atoms with Crippen LogP contribution in [0.4, 0.5) is 11.4 Å². The van der Waals surface area contributed by atoms with Gasteiger partial charge in [-0.25, -0.2) is 0 Å².